The maximum absolute atomic E-state index is 10.7. The maximum Gasteiger partial charge on any atom is 0.203 e. The molecule has 3 rings (SSSR count). The van der Waals surface area contributed by atoms with E-state index in [4.69, 9.17) is 10.1 Å². The Morgan fingerprint density at radius 3 is 2.28 bits per heavy atom. The van der Waals surface area contributed by atoms with Gasteiger partial charge < -0.3 is 19.0 Å². The number of nitrogens with zero attached hydrogens (tertiary/aromatic N) is 2. The molecule has 0 bridgehead atoms. The normalized spacial score (nSPS) is 12.4. The molecule has 0 saturated heterocycles. The third-order valence-corrected chi connectivity index (χ3v) is 4.57. The van der Waals surface area contributed by atoms with Gasteiger partial charge in [0.25, 0.3) is 0 Å². The Morgan fingerprint density at radius 2 is 1.68 bits per heavy atom. The minimum absolute atomic E-state index is 0.352. The fourth-order valence-corrected chi connectivity index (χ4v) is 3.13. The van der Waals surface area contributed by atoms with Gasteiger partial charge in [0.05, 0.1) is 30.8 Å². The first-order chi connectivity index (χ1) is 12.2. The van der Waals surface area contributed by atoms with Crippen molar-refractivity contribution in [3.8, 4) is 5.75 Å². The van der Waals surface area contributed by atoms with Crippen LogP contribution in [-0.2, 0) is 13.1 Å². The molecule has 0 unspecified atom stereocenters. The lowest BCUT2D eigenvalue weighted by Gasteiger charge is -2.13. The first-order valence-electron chi connectivity index (χ1n) is 8.70. The largest absolute Gasteiger partial charge is 0.497 e. The van der Waals surface area contributed by atoms with Gasteiger partial charge in [-0.25, -0.2) is 0 Å². The first kappa shape index (κ1) is 17.3. The van der Waals surface area contributed by atoms with Gasteiger partial charge >= 0.3 is 0 Å². The van der Waals surface area contributed by atoms with E-state index in [1.165, 1.54) is 0 Å². The molecule has 5 heteroatoms. The van der Waals surface area contributed by atoms with E-state index in [-0.39, 0.29) is 0 Å². The number of rotatable bonds is 7. The van der Waals surface area contributed by atoms with E-state index in [1.54, 1.807) is 7.11 Å². The maximum atomic E-state index is 10.7. The van der Waals surface area contributed by atoms with Gasteiger partial charge in [0.1, 0.15) is 5.75 Å². The molecule has 1 heterocycles. The van der Waals surface area contributed by atoms with E-state index in [2.05, 4.69) is 6.92 Å². The second kappa shape index (κ2) is 7.57. The van der Waals surface area contributed by atoms with Crippen LogP contribution in [0.4, 0.5) is 0 Å². The number of imidazole rings is 1. The number of aromatic nitrogens is 2. The Labute approximate surface area is 147 Å². The number of hydrogen-bond acceptors (Lipinski definition) is 3. The Balaban J connectivity index is 1.94. The molecule has 2 N–H and O–H groups in total. The number of benzene rings is 2. The summed E-state index contributed by atoms with van der Waals surface area (Å²) >= 11 is 0. The van der Waals surface area contributed by atoms with E-state index in [1.807, 2.05) is 57.7 Å². The van der Waals surface area contributed by atoms with E-state index in [0.717, 1.165) is 41.7 Å². The Morgan fingerprint density at radius 1 is 1.04 bits per heavy atom. The molecular weight excluding hydrogens is 314 g/mol. The summed E-state index contributed by atoms with van der Waals surface area (Å²) in [5.41, 5.74) is 3.28. The standard InChI is InChI=1S/C20H25N3O2/c1-3-4-13-22-17-7-5-6-8-18(17)23(20(22)21)14-19(24)15-9-11-16(25-2)12-10-15/h5-12,19,21,24H,3-4,13-14H2,1-2H3/t19-/m1/s1. The number of unbranched alkanes of at least 4 members (excludes halogenated alkanes) is 1. The van der Waals surface area contributed by atoms with E-state index >= 15 is 0 Å². The van der Waals surface area contributed by atoms with Crippen LogP contribution >= 0.6 is 0 Å². The van der Waals surface area contributed by atoms with Crippen LogP contribution in [0.2, 0.25) is 0 Å². The zero-order chi connectivity index (χ0) is 17.8. The van der Waals surface area contributed by atoms with Crippen LogP contribution in [0.3, 0.4) is 0 Å². The molecule has 5 nitrogen and oxygen atoms in total. The second-order valence-corrected chi connectivity index (χ2v) is 6.22. The van der Waals surface area contributed by atoms with E-state index < -0.39 is 6.10 Å². The van der Waals surface area contributed by atoms with Crippen LogP contribution < -0.4 is 10.4 Å². The highest BCUT2D eigenvalue weighted by atomic mass is 16.5. The lowest BCUT2D eigenvalue weighted by Crippen LogP contribution is -2.26. The monoisotopic (exact) mass is 339 g/mol. The first-order valence-corrected chi connectivity index (χ1v) is 8.70. The minimum Gasteiger partial charge on any atom is -0.497 e. The number of aliphatic hydroxyl groups excluding tert-OH is 1. The Hall–Kier alpha value is -2.53. The highest BCUT2D eigenvalue weighted by Gasteiger charge is 2.15. The molecule has 0 fully saturated rings. The number of ether oxygens (including phenoxy) is 1. The predicted octanol–water partition coefficient (Wildman–Crippen LogP) is 3.46. The van der Waals surface area contributed by atoms with Gasteiger partial charge in [-0.3, -0.25) is 5.41 Å². The molecule has 0 aliphatic carbocycles. The number of aliphatic hydroxyl groups is 1. The van der Waals surface area contributed by atoms with Crippen LogP contribution in [0.15, 0.2) is 48.5 Å². The molecule has 0 amide bonds. The molecule has 25 heavy (non-hydrogen) atoms. The van der Waals surface area contributed by atoms with Crippen LogP contribution in [-0.4, -0.2) is 21.4 Å². The summed E-state index contributed by atoms with van der Waals surface area (Å²) in [4.78, 5) is 0. The average Bonchev–Trinajstić information content (AvgIpc) is 2.91. The third-order valence-electron chi connectivity index (χ3n) is 4.57. The van der Waals surface area contributed by atoms with Gasteiger partial charge in [0, 0.05) is 6.54 Å². The van der Waals surface area contributed by atoms with E-state index in [9.17, 15) is 5.11 Å². The van der Waals surface area contributed by atoms with Gasteiger partial charge in [-0.15, -0.1) is 0 Å². The number of hydrogen-bond donors (Lipinski definition) is 2. The van der Waals surface area contributed by atoms with Gasteiger partial charge in [-0.05, 0) is 36.2 Å². The Kier molecular flexibility index (Phi) is 5.24. The number of aryl methyl sites for hydroxylation is 1. The topological polar surface area (TPSA) is 63.2 Å². The van der Waals surface area contributed by atoms with Crippen molar-refractivity contribution in [2.45, 2.75) is 39.0 Å². The van der Waals surface area contributed by atoms with E-state index in [0.29, 0.717) is 12.2 Å². The molecular formula is C20H25N3O2. The number of para-hydroxylation sites is 2. The van der Waals surface area contributed by atoms with Gasteiger partial charge in [-0.2, -0.15) is 0 Å². The summed E-state index contributed by atoms with van der Waals surface area (Å²) in [5.74, 6) is 0.765. The minimum atomic E-state index is -0.676. The lowest BCUT2D eigenvalue weighted by molar-refractivity contribution is 0.155. The van der Waals surface area contributed by atoms with Crippen molar-refractivity contribution in [2.24, 2.45) is 0 Å². The lowest BCUT2D eigenvalue weighted by atomic mass is 10.1. The Bertz CT molecular complexity index is 893. The van der Waals surface area contributed by atoms with Crippen molar-refractivity contribution >= 4 is 11.0 Å². The zero-order valence-electron chi connectivity index (χ0n) is 14.8. The smallest absolute Gasteiger partial charge is 0.203 e. The molecule has 0 aliphatic heterocycles. The summed E-state index contributed by atoms with van der Waals surface area (Å²) in [6, 6.07) is 15.4. The highest BCUT2D eigenvalue weighted by molar-refractivity contribution is 5.75. The van der Waals surface area contributed by atoms with Crippen molar-refractivity contribution in [3.05, 3.63) is 59.7 Å². The predicted molar refractivity (Wildman–Crippen MR) is 98.6 cm³/mol. The average molecular weight is 339 g/mol. The van der Waals surface area contributed by atoms with Crippen molar-refractivity contribution in [3.63, 3.8) is 0 Å². The summed E-state index contributed by atoms with van der Waals surface area (Å²) in [7, 11) is 1.62. The fraction of sp³-hybridized carbons (Fsp3) is 0.350. The van der Waals surface area contributed by atoms with Crippen LogP contribution in [0, 0.1) is 5.41 Å². The van der Waals surface area contributed by atoms with Crippen molar-refractivity contribution in [1.29, 1.82) is 5.41 Å². The summed E-state index contributed by atoms with van der Waals surface area (Å²) < 4.78 is 9.08. The summed E-state index contributed by atoms with van der Waals surface area (Å²) in [5, 5.41) is 19.2. The van der Waals surface area contributed by atoms with Crippen LogP contribution in [0.1, 0.15) is 31.4 Å². The SMILES string of the molecule is CCCCn1c(=N)n(C[C@@H](O)c2ccc(OC)cc2)c2ccccc21. The number of methoxy groups -OCH3 is 1. The molecule has 3 aromatic rings. The molecule has 1 atom stereocenters. The zero-order valence-corrected chi connectivity index (χ0v) is 14.8. The quantitative estimate of drug-likeness (QED) is 0.692. The third kappa shape index (κ3) is 3.46. The van der Waals surface area contributed by atoms with Gasteiger partial charge in [0.2, 0.25) is 5.62 Å². The molecule has 1 aromatic heterocycles. The number of fused-ring (bicyclic) bond motifs is 1. The number of nitrogens with one attached hydrogen (secondary N) is 1. The van der Waals surface area contributed by atoms with Crippen LogP contribution in [0.25, 0.3) is 11.0 Å². The van der Waals surface area contributed by atoms with Crippen molar-refractivity contribution in [2.75, 3.05) is 7.11 Å². The summed E-state index contributed by atoms with van der Waals surface area (Å²) in [6.45, 7) is 3.32. The second-order valence-electron chi connectivity index (χ2n) is 6.22. The fourth-order valence-electron chi connectivity index (χ4n) is 3.13. The molecule has 2 aromatic carbocycles. The molecule has 0 saturated carbocycles. The van der Waals surface area contributed by atoms with Crippen LogP contribution in [0.5, 0.6) is 5.75 Å². The van der Waals surface area contributed by atoms with Crippen molar-refractivity contribution in [1.82, 2.24) is 9.13 Å². The van der Waals surface area contributed by atoms with Gasteiger partial charge in [0.15, 0.2) is 0 Å². The molecule has 0 aliphatic rings. The molecule has 132 valence electrons. The van der Waals surface area contributed by atoms with Crippen molar-refractivity contribution < 1.29 is 9.84 Å². The molecule has 0 spiro atoms. The highest BCUT2D eigenvalue weighted by Crippen LogP contribution is 2.21. The summed E-state index contributed by atoms with van der Waals surface area (Å²) in [6.07, 6.45) is 1.44. The van der Waals surface area contributed by atoms with Gasteiger partial charge in [-0.1, -0.05) is 37.6 Å². The molecule has 0 radical (unpaired) electrons.